The van der Waals surface area contributed by atoms with Crippen LogP contribution in [0.15, 0.2) is 48.3 Å². The van der Waals surface area contributed by atoms with Gasteiger partial charge in [-0.3, -0.25) is 14.6 Å². The first-order valence-electron chi connectivity index (χ1n) is 10.7. The molecule has 1 aromatic carbocycles. The van der Waals surface area contributed by atoms with Gasteiger partial charge in [-0.1, -0.05) is 19.9 Å². The van der Waals surface area contributed by atoms with E-state index in [9.17, 15) is 19.8 Å². The van der Waals surface area contributed by atoms with Gasteiger partial charge >= 0.3 is 0 Å². The molecule has 1 aromatic heterocycles. The fourth-order valence-corrected chi connectivity index (χ4v) is 3.99. The lowest BCUT2D eigenvalue weighted by Gasteiger charge is -2.27. The summed E-state index contributed by atoms with van der Waals surface area (Å²) in [5, 5.41) is 21.0. The average Bonchev–Trinajstić information content (AvgIpc) is 3.07. The molecule has 1 amide bonds. The number of rotatable bonds is 9. The van der Waals surface area contributed by atoms with Crippen molar-refractivity contribution < 1.29 is 24.5 Å². The van der Waals surface area contributed by atoms with Crippen LogP contribution in [0.5, 0.6) is 11.5 Å². The second-order valence-electron chi connectivity index (χ2n) is 7.54. The highest BCUT2D eigenvalue weighted by Gasteiger charge is 2.46. The number of ketones is 1. The molecule has 1 saturated heterocycles. The van der Waals surface area contributed by atoms with E-state index in [1.165, 1.54) is 30.5 Å². The number of phenols is 1. The minimum atomic E-state index is -0.797. The predicted molar refractivity (Wildman–Crippen MR) is 120 cm³/mol. The van der Waals surface area contributed by atoms with Crippen LogP contribution in [0.3, 0.4) is 0 Å². The van der Waals surface area contributed by atoms with E-state index in [-0.39, 0.29) is 22.8 Å². The Labute approximate surface area is 187 Å². The third-order valence-electron chi connectivity index (χ3n) is 5.78. The molecule has 2 aromatic rings. The molecule has 8 nitrogen and oxygen atoms in total. The number of aliphatic hydroxyl groups excluding tert-OH is 1. The van der Waals surface area contributed by atoms with Crippen LogP contribution in [-0.2, 0) is 9.59 Å². The number of nitrogens with zero attached hydrogens (tertiary/aromatic N) is 3. The molecule has 8 heteroatoms. The molecule has 1 aliphatic heterocycles. The van der Waals surface area contributed by atoms with Gasteiger partial charge in [-0.2, -0.15) is 0 Å². The van der Waals surface area contributed by atoms with Crippen LogP contribution in [0, 0.1) is 0 Å². The predicted octanol–water partition coefficient (Wildman–Crippen LogP) is 2.95. The SMILES string of the molecule is CCN(CC)CCCN1C(=O)C(=O)/C(=C(/O)c2ccncc2)C1c1ccc(O)c(OC)c1. The molecule has 3 rings (SSSR count). The van der Waals surface area contributed by atoms with Gasteiger partial charge in [-0.25, -0.2) is 0 Å². The number of likely N-dealkylation sites (tertiary alicyclic amines) is 1. The van der Waals surface area contributed by atoms with Crippen molar-refractivity contribution in [3.05, 3.63) is 59.4 Å². The average molecular weight is 440 g/mol. The van der Waals surface area contributed by atoms with Crippen molar-refractivity contribution in [3.63, 3.8) is 0 Å². The minimum absolute atomic E-state index is 0.0109. The van der Waals surface area contributed by atoms with Crippen LogP contribution in [0.2, 0.25) is 0 Å². The number of hydrogen-bond donors (Lipinski definition) is 2. The number of hydrogen-bond acceptors (Lipinski definition) is 7. The van der Waals surface area contributed by atoms with Gasteiger partial charge in [-0.15, -0.1) is 0 Å². The zero-order valence-corrected chi connectivity index (χ0v) is 18.6. The molecule has 32 heavy (non-hydrogen) atoms. The number of carbonyl (C=O) groups is 2. The van der Waals surface area contributed by atoms with E-state index >= 15 is 0 Å². The first kappa shape index (κ1) is 23.3. The van der Waals surface area contributed by atoms with Crippen molar-refractivity contribution in [2.24, 2.45) is 0 Å². The van der Waals surface area contributed by atoms with E-state index in [1.807, 2.05) is 0 Å². The Morgan fingerprint density at radius 3 is 2.47 bits per heavy atom. The molecule has 1 atom stereocenters. The summed E-state index contributed by atoms with van der Waals surface area (Å²) in [6, 6.07) is 7.04. The summed E-state index contributed by atoms with van der Waals surface area (Å²) in [6.45, 7) is 7.08. The smallest absolute Gasteiger partial charge is 0.295 e. The molecule has 0 bridgehead atoms. The van der Waals surface area contributed by atoms with Crippen molar-refractivity contribution in [1.82, 2.24) is 14.8 Å². The van der Waals surface area contributed by atoms with Gasteiger partial charge in [0.25, 0.3) is 11.7 Å². The van der Waals surface area contributed by atoms with Crippen molar-refractivity contribution in [2.75, 3.05) is 33.3 Å². The van der Waals surface area contributed by atoms with E-state index < -0.39 is 17.7 Å². The van der Waals surface area contributed by atoms with Crippen LogP contribution in [0.25, 0.3) is 5.76 Å². The molecular formula is C24H29N3O5. The summed E-state index contributed by atoms with van der Waals surface area (Å²) in [7, 11) is 1.43. The lowest BCUT2D eigenvalue weighted by Crippen LogP contribution is -2.33. The molecule has 0 aliphatic carbocycles. The fraction of sp³-hybridized carbons (Fsp3) is 0.375. The molecule has 170 valence electrons. The Kier molecular flexibility index (Phi) is 7.48. The zero-order valence-electron chi connectivity index (χ0n) is 18.6. The summed E-state index contributed by atoms with van der Waals surface area (Å²) < 4.78 is 5.22. The van der Waals surface area contributed by atoms with Crippen molar-refractivity contribution >= 4 is 17.4 Å². The monoisotopic (exact) mass is 439 g/mol. The van der Waals surface area contributed by atoms with Gasteiger partial charge in [0.1, 0.15) is 5.76 Å². The van der Waals surface area contributed by atoms with Gasteiger partial charge in [0.05, 0.1) is 18.7 Å². The summed E-state index contributed by atoms with van der Waals surface area (Å²) >= 11 is 0. The zero-order chi connectivity index (χ0) is 23.3. The first-order valence-corrected chi connectivity index (χ1v) is 10.7. The Morgan fingerprint density at radius 2 is 1.84 bits per heavy atom. The molecular weight excluding hydrogens is 410 g/mol. The third-order valence-corrected chi connectivity index (χ3v) is 5.78. The van der Waals surface area contributed by atoms with Crippen molar-refractivity contribution in [2.45, 2.75) is 26.3 Å². The Hall–Kier alpha value is -3.39. The van der Waals surface area contributed by atoms with E-state index in [0.717, 1.165) is 19.6 Å². The molecule has 1 unspecified atom stereocenters. The standard InChI is InChI=1S/C24H29N3O5/c1-4-26(5-2)13-6-14-27-21(17-7-8-18(28)19(15-17)32-3)20(23(30)24(27)31)22(29)16-9-11-25-12-10-16/h7-12,15,21,28-29H,4-6,13-14H2,1-3H3/b22-20+. The maximum atomic E-state index is 13.0. The highest BCUT2D eigenvalue weighted by molar-refractivity contribution is 6.46. The summed E-state index contributed by atoms with van der Waals surface area (Å²) in [6.07, 6.45) is 3.69. The molecule has 0 spiro atoms. The Balaban J connectivity index is 2.06. The van der Waals surface area contributed by atoms with Crippen LogP contribution >= 0.6 is 0 Å². The third kappa shape index (κ3) is 4.60. The number of benzene rings is 1. The number of methoxy groups -OCH3 is 1. The second-order valence-corrected chi connectivity index (χ2v) is 7.54. The number of aliphatic hydroxyl groups is 1. The Bertz CT molecular complexity index is 1000. The van der Waals surface area contributed by atoms with Gasteiger partial charge in [0.2, 0.25) is 0 Å². The van der Waals surface area contributed by atoms with Crippen LogP contribution in [0.1, 0.15) is 37.4 Å². The number of ether oxygens (including phenoxy) is 1. The van der Waals surface area contributed by atoms with Crippen molar-refractivity contribution in [1.29, 1.82) is 0 Å². The summed E-state index contributed by atoms with van der Waals surface area (Å²) in [4.78, 5) is 33.7. The van der Waals surface area contributed by atoms with E-state index in [2.05, 4.69) is 23.7 Å². The lowest BCUT2D eigenvalue weighted by molar-refractivity contribution is -0.140. The van der Waals surface area contributed by atoms with E-state index in [4.69, 9.17) is 4.74 Å². The van der Waals surface area contributed by atoms with Gasteiger partial charge < -0.3 is 24.7 Å². The van der Waals surface area contributed by atoms with Crippen LogP contribution in [-0.4, -0.2) is 70.0 Å². The highest BCUT2D eigenvalue weighted by atomic mass is 16.5. The number of aromatic hydroxyl groups is 1. The first-order chi connectivity index (χ1) is 15.4. The number of aromatic nitrogens is 1. The van der Waals surface area contributed by atoms with Gasteiger partial charge in [0, 0.05) is 24.5 Å². The van der Waals surface area contributed by atoms with Crippen LogP contribution in [0.4, 0.5) is 0 Å². The van der Waals surface area contributed by atoms with Crippen LogP contribution < -0.4 is 4.74 Å². The minimum Gasteiger partial charge on any atom is -0.507 e. The highest BCUT2D eigenvalue weighted by Crippen LogP contribution is 2.41. The lowest BCUT2D eigenvalue weighted by atomic mass is 9.95. The van der Waals surface area contributed by atoms with Gasteiger partial charge in [0.15, 0.2) is 11.5 Å². The normalized spacial score (nSPS) is 17.9. The Morgan fingerprint density at radius 1 is 1.16 bits per heavy atom. The van der Waals surface area contributed by atoms with E-state index in [0.29, 0.717) is 24.1 Å². The maximum absolute atomic E-state index is 13.0. The quantitative estimate of drug-likeness (QED) is 0.352. The molecule has 2 N–H and O–H groups in total. The number of phenolic OH excluding ortho intramolecular Hbond substituents is 1. The van der Waals surface area contributed by atoms with E-state index in [1.54, 1.807) is 24.3 Å². The largest absolute Gasteiger partial charge is 0.507 e. The number of carbonyl (C=O) groups excluding carboxylic acids is 2. The summed E-state index contributed by atoms with van der Waals surface area (Å²) in [5.41, 5.74) is 0.978. The summed E-state index contributed by atoms with van der Waals surface area (Å²) in [5.74, 6) is -1.48. The molecule has 2 heterocycles. The van der Waals surface area contributed by atoms with Gasteiger partial charge in [-0.05, 0) is 55.9 Å². The molecule has 1 fully saturated rings. The molecule has 1 aliphatic rings. The van der Waals surface area contributed by atoms with Crippen molar-refractivity contribution in [3.8, 4) is 11.5 Å². The fourth-order valence-electron chi connectivity index (χ4n) is 3.99. The molecule has 0 radical (unpaired) electrons. The maximum Gasteiger partial charge on any atom is 0.295 e. The molecule has 0 saturated carbocycles. The number of pyridine rings is 1. The number of Topliss-reactive ketones (excluding diaryl/α,β-unsaturated/α-hetero) is 1. The number of amides is 1. The topological polar surface area (TPSA) is 103 Å². The second kappa shape index (κ2) is 10.3.